The normalized spacial score (nSPS) is 10.0. The molecule has 0 bridgehead atoms. The fourth-order valence-electron chi connectivity index (χ4n) is 1.79. The van der Waals surface area contributed by atoms with E-state index in [1.165, 1.54) is 18.2 Å². The summed E-state index contributed by atoms with van der Waals surface area (Å²) in [5.41, 5.74) is 5.83. The molecule has 0 aliphatic carbocycles. The highest BCUT2D eigenvalue weighted by atomic mass is 79.9. The van der Waals surface area contributed by atoms with Crippen molar-refractivity contribution in [1.82, 2.24) is 10.9 Å². The van der Waals surface area contributed by atoms with Crippen LogP contribution >= 0.6 is 15.9 Å². The number of hydrazine groups is 1. The van der Waals surface area contributed by atoms with Crippen LogP contribution in [0.5, 0.6) is 5.75 Å². The molecule has 0 saturated carbocycles. The van der Waals surface area contributed by atoms with Crippen LogP contribution in [0.4, 0.5) is 4.39 Å². The van der Waals surface area contributed by atoms with E-state index in [1.807, 2.05) is 6.07 Å². The maximum Gasteiger partial charge on any atom is 0.276 e. The molecule has 120 valence electrons. The van der Waals surface area contributed by atoms with Crippen molar-refractivity contribution < 1.29 is 18.7 Å². The van der Waals surface area contributed by atoms with Gasteiger partial charge in [-0.25, -0.2) is 4.39 Å². The molecular weight excluding hydrogens is 367 g/mol. The number of hydrogen-bond acceptors (Lipinski definition) is 3. The number of benzene rings is 2. The average molecular weight is 381 g/mol. The van der Waals surface area contributed by atoms with Gasteiger partial charge in [-0.05, 0) is 52.7 Å². The number of carbonyl (C=O) groups excluding carboxylic acids is 2. The Morgan fingerprint density at radius 2 is 1.91 bits per heavy atom. The van der Waals surface area contributed by atoms with E-state index in [-0.39, 0.29) is 6.61 Å². The first-order valence-corrected chi connectivity index (χ1v) is 7.49. The van der Waals surface area contributed by atoms with Crippen LogP contribution in [0.2, 0.25) is 0 Å². The summed E-state index contributed by atoms with van der Waals surface area (Å²) in [6.45, 7) is 1.48. The molecule has 2 rings (SSSR count). The molecule has 23 heavy (non-hydrogen) atoms. The molecule has 0 saturated heterocycles. The second-order valence-corrected chi connectivity index (χ2v) is 5.53. The second kappa shape index (κ2) is 7.73. The summed E-state index contributed by atoms with van der Waals surface area (Å²) in [6, 6.07) is 10.9. The molecule has 0 atom stereocenters. The number of amides is 2. The van der Waals surface area contributed by atoms with Crippen molar-refractivity contribution in [1.29, 1.82) is 0 Å². The van der Waals surface area contributed by atoms with Gasteiger partial charge >= 0.3 is 0 Å². The minimum atomic E-state index is -0.539. The standard InChI is InChI=1S/C16H14BrFN2O3/c1-10-4-2-3-5-12(10)16(22)20-19-15(21)9-23-14-7-6-11(18)8-13(14)17/h2-8H,9H2,1H3,(H,19,21)(H,20,22). The van der Waals surface area contributed by atoms with Crippen molar-refractivity contribution >= 4 is 27.7 Å². The Kier molecular flexibility index (Phi) is 5.70. The molecule has 0 heterocycles. The van der Waals surface area contributed by atoms with E-state index < -0.39 is 17.6 Å². The van der Waals surface area contributed by atoms with E-state index in [9.17, 15) is 14.0 Å². The first kappa shape index (κ1) is 17.0. The zero-order chi connectivity index (χ0) is 16.8. The molecule has 2 aromatic carbocycles. The largest absolute Gasteiger partial charge is 0.483 e. The van der Waals surface area contributed by atoms with Gasteiger partial charge in [-0.2, -0.15) is 0 Å². The van der Waals surface area contributed by atoms with Gasteiger partial charge in [-0.1, -0.05) is 18.2 Å². The van der Waals surface area contributed by atoms with Crippen LogP contribution < -0.4 is 15.6 Å². The first-order valence-electron chi connectivity index (χ1n) is 6.70. The number of carbonyl (C=O) groups is 2. The van der Waals surface area contributed by atoms with Gasteiger partial charge in [-0.3, -0.25) is 20.4 Å². The predicted molar refractivity (Wildman–Crippen MR) is 86.4 cm³/mol. The molecule has 0 aliphatic heterocycles. The number of rotatable bonds is 4. The van der Waals surface area contributed by atoms with Crippen molar-refractivity contribution in [2.45, 2.75) is 6.92 Å². The van der Waals surface area contributed by atoms with Crippen LogP contribution in [-0.4, -0.2) is 18.4 Å². The topological polar surface area (TPSA) is 67.4 Å². The summed E-state index contributed by atoms with van der Waals surface area (Å²) in [5.74, 6) is -1.05. The van der Waals surface area contributed by atoms with E-state index in [2.05, 4.69) is 26.8 Å². The Hall–Kier alpha value is -2.41. The van der Waals surface area contributed by atoms with Gasteiger partial charge in [0.25, 0.3) is 11.8 Å². The highest BCUT2D eigenvalue weighted by molar-refractivity contribution is 9.10. The average Bonchev–Trinajstić information content (AvgIpc) is 2.52. The Labute approximate surface area is 140 Å². The number of halogens is 2. The molecule has 0 unspecified atom stereocenters. The fraction of sp³-hybridized carbons (Fsp3) is 0.125. The van der Waals surface area contributed by atoms with Crippen molar-refractivity contribution in [3.8, 4) is 5.75 Å². The molecule has 0 spiro atoms. The summed E-state index contributed by atoms with van der Waals surface area (Å²) >= 11 is 3.13. The lowest BCUT2D eigenvalue weighted by Crippen LogP contribution is -2.44. The Balaban J connectivity index is 1.83. The predicted octanol–water partition coefficient (Wildman–Crippen LogP) is 2.74. The van der Waals surface area contributed by atoms with E-state index >= 15 is 0 Å². The maximum atomic E-state index is 12.9. The molecule has 0 aromatic heterocycles. The molecule has 7 heteroatoms. The quantitative estimate of drug-likeness (QED) is 0.801. The van der Waals surface area contributed by atoms with Crippen LogP contribution in [0, 0.1) is 12.7 Å². The van der Waals surface area contributed by atoms with Crippen molar-refractivity contribution in [3.63, 3.8) is 0 Å². The van der Waals surface area contributed by atoms with Crippen LogP contribution in [0.25, 0.3) is 0 Å². The van der Waals surface area contributed by atoms with Crippen LogP contribution in [0.15, 0.2) is 46.9 Å². The van der Waals surface area contributed by atoms with E-state index in [0.717, 1.165) is 5.56 Å². The summed E-state index contributed by atoms with van der Waals surface area (Å²) in [7, 11) is 0. The van der Waals surface area contributed by atoms with Crippen LogP contribution in [0.3, 0.4) is 0 Å². The number of aryl methyl sites for hydroxylation is 1. The van der Waals surface area contributed by atoms with Gasteiger partial charge in [0.2, 0.25) is 0 Å². The van der Waals surface area contributed by atoms with Gasteiger partial charge in [0.1, 0.15) is 11.6 Å². The number of nitrogens with one attached hydrogen (secondary N) is 2. The molecule has 0 fully saturated rings. The van der Waals surface area contributed by atoms with E-state index in [4.69, 9.17) is 4.74 Å². The summed E-state index contributed by atoms with van der Waals surface area (Å²) in [5, 5.41) is 0. The third-order valence-electron chi connectivity index (χ3n) is 2.96. The Bertz CT molecular complexity index is 737. The second-order valence-electron chi connectivity index (χ2n) is 4.68. The van der Waals surface area contributed by atoms with E-state index in [0.29, 0.717) is 15.8 Å². The van der Waals surface area contributed by atoms with Crippen LogP contribution in [0.1, 0.15) is 15.9 Å². The van der Waals surface area contributed by atoms with Gasteiger partial charge in [0.05, 0.1) is 4.47 Å². The van der Waals surface area contributed by atoms with E-state index in [1.54, 1.807) is 25.1 Å². The molecule has 5 nitrogen and oxygen atoms in total. The highest BCUT2D eigenvalue weighted by Gasteiger charge is 2.10. The lowest BCUT2D eigenvalue weighted by molar-refractivity contribution is -0.123. The maximum absolute atomic E-state index is 12.9. The van der Waals surface area contributed by atoms with Gasteiger partial charge < -0.3 is 4.74 Å². The minimum absolute atomic E-state index is 0.321. The minimum Gasteiger partial charge on any atom is -0.483 e. The SMILES string of the molecule is Cc1ccccc1C(=O)NNC(=O)COc1ccc(F)cc1Br. The monoisotopic (exact) mass is 380 g/mol. The molecule has 2 aromatic rings. The molecule has 0 aliphatic rings. The van der Waals surface area contributed by atoms with Gasteiger partial charge in [0, 0.05) is 5.56 Å². The third-order valence-corrected chi connectivity index (χ3v) is 3.58. The van der Waals surface area contributed by atoms with Crippen LogP contribution in [-0.2, 0) is 4.79 Å². The number of hydrogen-bond donors (Lipinski definition) is 2. The first-order chi connectivity index (χ1) is 11.0. The van der Waals surface area contributed by atoms with Gasteiger partial charge in [0.15, 0.2) is 6.61 Å². The summed E-state index contributed by atoms with van der Waals surface area (Å²) in [6.07, 6.45) is 0. The van der Waals surface area contributed by atoms with Crippen molar-refractivity contribution in [2.24, 2.45) is 0 Å². The van der Waals surface area contributed by atoms with Crippen molar-refractivity contribution in [3.05, 3.63) is 63.9 Å². The molecular formula is C16H14BrFN2O3. The van der Waals surface area contributed by atoms with Gasteiger partial charge in [-0.15, -0.1) is 0 Å². The lowest BCUT2D eigenvalue weighted by atomic mass is 10.1. The Morgan fingerprint density at radius 1 is 1.17 bits per heavy atom. The summed E-state index contributed by atoms with van der Waals surface area (Å²) < 4.78 is 18.6. The molecule has 2 amide bonds. The fourth-order valence-corrected chi connectivity index (χ4v) is 2.26. The lowest BCUT2D eigenvalue weighted by Gasteiger charge is -2.10. The molecule has 0 radical (unpaired) electrons. The zero-order valence-electron chi connectivity index (χ0n) is 12.2. The Morgan fingerprint density at radius 3 is 2.61 bits per heavy atom. The zero-order valence-corrected chi connectivity index (χ0v) is 13.8. The highest BCUT2D eigenvalue weighted by Crippen LogP contribution is 2.25. The summed E-state index contributed by atoms with van der Waals surface area (Å²) in [4.78, 5) is 23.6. The third kappa shape index (κ3) is 4.79. The molecule has 2 N–H and O–H groups in total. The smallest absolute Gasteiger partial charge is 0.276 e. The number of ether oxygens (including phenoxy) is 1. The van der Waals surface area contributed by atoms with Crippen molar-refractivity contribution in [2.75, 3.05) is 6.61 Å².